The lowest BCUT2D eigenvalue weighted by Crippen LogP contribution is -2.26. The van der Waals surface area contributed by atoms with Crippen molar-refractivity contribution in [2.45, 2.75) is 39.7 Å². The van der Waals surface area contributed by atoms with E-state index in [2.05, 4.69) is 50.7 Å². The quantitative estimate of drug-likeness (QED) is 0.296. The van der Waals surface area contributed by atoms with Gasteiger partial charge in [-0.05, 0) is 25.0 Å². The zero-order chi connectivity index (χ0) is 9.40. The van der Waals surface area contributed by atoms with E-state index in [0.29, 0.717) is 12.0 Å². The summed E-state index contributed by atoms with van der Waals surface area (Å²) in [7, 11) is 0. The van der Waals surface area contributed by atoms with Crippen molar-refractivity contribution in [1.29, 1.82) is 0 Å². The average Bonchev–Trinajstić information content (AvgIpc) is 2.03. The van der Waals surface area contributed by atoms with Crippen molar-refractivity contribution in [1.82, 2.24) is 5.32 Å². The molecule has 0 saturated carbocycles. The molecule has 1 nitrogen and oxygen atoms in total. The highest BCUT2D eigenvalue weighted by atomic mass is 32.1. The van der Waals surface area contributed by atoms with Crippen LogP contribution in [0.5, 0.6) is 0 Å². The molecular formula is C10H19NS. The van der Waals surface area contributed by atoms with Crippen LogP contribution >= 0.6 is 12.6 Å². The summed E-state index contributed by atoms with van der Waals surface area (Å²) in [6.45, 7) is 6.53. The Labute approximate surface area is 81.7 Å². The molecule has 0 aliphatic carbocycles. The van der Waals surface area contributed by atoms with Crippen LogP contribution in [0.4, 0.5) is 0 Å². The minimum absolute atomic E-state index is 0.480. The number of nitrogens with one attached hydrogen (secondary N) is 1. The molecule has 1 atom stereocenters. The Hall–Kier alpha value is -0.290. The Balaban J connectivity index is 3.43. The largest absolute Gasteiger partial charge is 0.343 e. The molecule has 0 bridgehead atoms. The van der Waals surface area contributed by atoms with Gasteiger partial charge in [0, 0.05) is 18.5 Å². The molecule has 0 amide bonds. The molecule has 0 aromatic carbocycles. The minimum Gasteiger partial charge on any atom is -0.343 e. The first-order chi connectivity index (χ1) is 5.68. The van der Waals surface area contributed by atoms with Gasteiger partial charge in [0.05, 0.1) is 0 Å². The summed E-state index contributed by atoms with van der Waals surface area (Å²) in [5, 5.41) is 3.15. The van der Waals surface area contributed by atoms with Crippen molar-refractivity contribution >= 4 is 12.6 Å². The fourth-order valence-corrected chi connectivity index (χ4v) is 0.720. The van der Waals surface area contributed by atoms with Gasteiger partial charge in [-0.1, -0.05) is 19.8 Å². The van der Waals surface area contributed by atoms with Gasteiger partial charge < -0.3 is 5.32 Å². The zero-order valence-electron chi connectivity index (χ0n) is 8.22. The monoisotopic (exact) mass is 185 g/mol. The van der Waals surface area contributed by atoms with E-state index in [0.717, 1.165) is 18.6 Å². The lowest BCUT2D eigenvalue weighted by Gasteiger charge is -2.13. The summed E-state index contributed by atoms with van der Waals surface area (Å²) in [5.41, 5.74) is 0. The normalized spacial score (nSPS) is 12.1. The third kappa shape index (κ3) is 6.42. The Kier molecular flexibility index (Phi) is 7.19. The molecule has 0 aliphatic rings. The van der Waals surface area contributed by atoms with Gasteiger partial charge in [-0.2, -0.15) is 12.6 Å². The molecule has 0 fully saturated rings. The van der Waals surface area contributed by atoms with E-state index >= 15 is 0 Å². The van der Waals surface area contributed by atoms with Gasteiger partial charge in [-0.3, -0.25) is 0 Å². The Morgan fingerprint density at radius 1 is 1.33 bits per heavy atom. The predicted octanol–water partition coefficient (Wildman–Crippen LogP) is 2.29. The third-order valence-corrected chi connectivity index (χ3v) is 2.16. The van der Waals surface area contributed by atoms with E-state index in [4.69, 9.17) is 0 Å². The second-order valence-corrected chi connectivity index (χ2v) is 3.75. The van der Waals surface area contributed by atoms with Gasteiger partial charge in [0.25, 0.3) is 0 Å². The van der Waals surface area contributed by atoms with E-state index in [-0.39, 0.29) is 0 Å². The first-order valence-electron chi connectivity index (χ1n) is 4.52. The molecule has 0 aromatic heterocycles. The van der Waals surface area contributed by atoms with Crippen molar-refractivity contribution < 1.29 is 0 Å². The summed E-state index contributed by atoms with van der Waals surface area (Å²) < 4.78 is 0. The maximum absolute atomic E-state index is 4.11. The van der Waals surface area contributed by atoms with Crippen molar-refractivity contribution in [2.75, 3.05) is 5.75 Å². The van der Waals surface area contributed by atoms with E-state index in [1.807, 2.05) is 0 Å². The molecule has 2 heteroatoms. The van der Waals surface area contributed by atoms with Crippen LogP contribution in [-0.2, 0) is 0 Å². The molecule has 0 radical (unpaired) electrons. The van der Waals surface area contributed by atoms with Crippen molar-refractivity contribution in [3.8, 4) is 12.0 Å². The van der Waals surface area contributed by atoms with Crippen LogP contribution in [0.2, 0.25) is 0 Å². The molecule has 0 heterocycles. The van der Waals surface area contributed by atoms with E-state index < -0.39 is 0 Å². The molecule has 70 valence electrons. The number of unbranched alkanes of at least 4 members (excludes halogenated alkanes) is 1. The topological polar surface area (TPSA) is 12.0 Å². The molecule has 0 aliphatic heterocycles. The van der Waals surface area contributed by atoms with Gasteiger partial charge in [-0.25, -0.2) is 0 Å². The highest BCUT2D eigenvalue weighted by Gasteiger charge is 2.02. The summed E-state index contributed by atoms with van der Waals surface area (Å²) >= 11 is 4.11. The predicted molar refractivity (Wildman–Crippen MR) is 58.3 cm³/mol. The van der Waals surface area contributed by atoms with Gasteiger partial charge >= 0.3 is 0 Å². The standard InChI is InChI=1S/C10H19NS/c1-9(2)10(3)11-7-5-4-6-8-12/h9-12H,4,6,8H2,1-3H3. The molecule has 0 aromatic rings. The molecule has 0 rings (SSSR count). The van der Waals surface area contributed by atoms with Gasteiger partial charge in [0.1, 0.15) is 0 Å². The smallest absolute Gasteiger partial charge is 0.0335 e. The summed E-state index contributed by atoms with van der Waals surface area (Å²) in [5.74, 6) is 4.63. The van der Waals surface area contributed by atoms with Crippen LogP contribution in [-0.4, -0.2) is 11.8 Å². The highest BCUT2D eigenvalue weighted by Crippen LogP contribution is 1.98. The second kappa shape index (κ2) is 7.36. The maximum atomic E-state index is 4.11. The first kappa shape index (κ1) is 11.7. The Morgan fingerprint density at radius 2 is 2.00 bits per heavy atom. The lowest BCUT2D eigenvalue weighted by molar-refractivity contribution is 0.481. The summed E-state index contributed by atoms with van der Waals surface area (Å²) in [6.07, 6.45) is 2.02. The number of hydrogen-bond acceptors (Lipinski definition) is 2. The van der Waals surface area contributed by atoms with Crippen molar-refractivity contribution in [2.24, 2.45) is 5.92 Å². The first-order valence-corrected chi connectivity index (χ1v) is 5.16. The number of hydrogen-bond donors (Lipinski definition) is 2. The third-order valence-electron chi connectivity index (χ3n) is 1.85. The Morgan fingerprint density at radius 3 is 2.50 bits per heavy atom. The summed E-state index contributed by atoms with van der Waals surface area (Å²) in [6, 6.07) is 3.45. The fraction of sp³-hybridized carbons (Fsp3) is 0.800. The molecule has 0 spiro atoms. The maximum Gasteiger partial charge on any atom is 0.0335 e. The lowest BCUT2D eigenvalue weighted by atomic mass is 10.1. The van der Waals surface area contributed by atoms with Gasteiger partial charge in [-0.15, -0.1) is 0 Å². The average molecular weight is 185 g/mol. The molecular weight excluding hydrogens is 166 g/mol. The molecule has 12 heavy (non-hydrogen) atoms. The zero-order valence-corrected chi connectivity index (χ0v) is 9.12. The number of rotatable bonds is 4. The van der Waals surface area contributed by atoms with E-state index in [1.165, 1.54) is 0 Å². The van der Waals surface area contributed by atoms with Crippen LogP contribution < -0.4 is 5.32 Å². The highest BCUT2D eigenvalue weighted by molar-refractivity contribution is 7.80. The fourth-order valence-electron chi connectivity index (χ4n) is 0.561. The Bertz CT molecular complexity index is 155. The van der Waals surface area contributed by atoms with Crippen LogP contribution in [0.3, 0.4) is 0 Å². The van der Waals surface area contributed by atoms with Crippen LogP contribution in [0.15, 0.2) is 0 Å². The summed E-state index contributed by atoms with van der Waals surface area (Å²) in [4.78, 5) is 0. The minimum atomic E-state index is 0.480. The van der Waals surface area contributed by atoms with Crippen molar-refractivity contribution in [3.05, 3.63) is 0 Å². The second-order valence-electron chi connectivity index (χ2n) is 3.31. The van der Waals surface area contributed by atoms with Crippen molar-refractivity contribution in [3.63, 3.8) is 0 Å². The van der Waals surface area contributed by atoms with Crippen LogP contribution in [0.25, 0.3) is 0 Å². The van der Waals surface area contributed by atoms with E-state index in [1.54, 1.807) is 0 Å². The molecule has 1 N–H and O–H groups in total. The molecule has 1 unspecified atom stereocenters. The van der Waals surface area contributed by atoms with Gasteiger partial charge in [0.2, 0.25) is 0 Å². The van der Waals surface area contributed by atoms with E-state index in [9.17, 15) is 0 Å². The molecule has 0 saturated heterocycles. The van der Waals surface area contributed by atoms with Gasteiger partial charge in [0.15, 0.2) is 0 Å². The van der Waals surface area contributed by atoms with Crippen LogP contribution in [0, 0.1) is 17.9 Å². The van der Waals surface area contributed by atoms with Crippen LogP contribution in [0.1, 0.15) is 33.6 Å². The number of thiol groups is 1. The SMILES string of the molecule is CC(C)C(C)NC#CCCCS.